The molecule has 0 heterocycles. The highest BCUT2D eigenvalue weighted by atomic mass is 16.6. The molecule has 2 aromatic rings. The Hall–Kier alpha value is -2.76. The van der Waals surface area contributed by atoms with E-state index >= 15 is 0 Å². The summed E-state index contributed by atoms with van der Waals surface area (Å²) in [4.78, 5) is 0. The maximum absolute atomic E-state index is 11.7. The molecule has 10 nitrogen and oxygen atoms in total. The smallest absolute Gasteiger partial charge is 0.200 e. The first kappa shape index (κ1) is 30.8. The predicted octanol–water partition coefficient (Wildman–Crippen LogP) is 2.22. The number of aromatic hydroxyl groups is 2. The van der Waals surface area contributed by atoms with Crippen LogP contribution in [0.5, 0.6) is 28.7 Å². The van der Waals surface area contributed by atoms with Crippen molar-refractivity contribution in [2.24, 2.45) is 17.8 Å². The van der Waals surface area contributed by atoms with Gasteiger partial charge in [0.2, 0.25) is 5.75 Å². The number of aliphatic hydroxyl groups excluding tert-OH is 3. The minimum Gasteiger partial charge on any atom is -0.504 e. The number of aliphatic hydroxyl groups is 3. The summed E-state index contributed by atoms with van der Waals surface area (Å²) in [5.74, 6) is -0.182. The monoisotopic (exact) mass is 549 g/mol. The van der Waals surface area contributed by atoms with Crippen molar-refractivity contribution in [1.82, 2.24) is 5.32 Å². The van der Waals surface area contributed by atoms with Crippen molar-refractivity contribution >= 4 is 0 Å². The normalized spacial score (nSPS) is 23.8. The van der Waals surface area contributed by atoms with Crippen molar-refractivity contribution in [2.75, 3.05) is 41.2 Å². The Morgan fingerprint density at radius 3 is 2.18 bits per heavy atom. The molecule has 218 valence electrons. The number of benzene rings is 2. The number of rotatable bonds is 14. The Bertz CT molecular complexity index is 1020. The zero-order valence-corrected chi connectivity index (χ0v) is 23.2. The highest BCUT2D eigenvalue weighted by Gasteiger charge is 2.46. The second kappa shape index (κ2) is 14.6. The fourth-order valence-corrected chi connectivity index (χ4v) is 5.77. The van der Waals surface area contributed by atoms with Crippen LogP contribution < -0.4 is 19.5 Å². The van der Waals surface area contributed by atoms with Gasteiger partial charge >= 0.3 is 0 Å². The minimum absolute atomic E-state index is 0.0529. The lowest BCUT2D eigenvalue weighted by atomic mass is 9.66. The largest absolute Gasteiger partial charge is 0.504 e. The number of hydrogen-bond donors (Lipinski definition) is 6. The number of aryl methyl sites for hydroxylation is 1. The van der Waals surface area contributed by atoms with Gasteiger partial charge in [0, 0.05) is 11.8 Å². The van der Waals surface area contributed by atoms with Crippen LogP contribution in [-0.4, -0.2) is 85.1 Å². The molecule has 0 bridgehead atoms. The summed E-state index contributed by atoms with van der Waals surface area (Å²) in [7, 11) is 4.39. The average Bonchev–Trinajstić information content (AvgIpc) is 2.93. The maximum Gasteiger partial charge on any atom is 0.200 e. The Morgan fingerprint density at radius 1 is 0.949 bits per heavy atom. The molecule has 10 heteroatoms. The predicted molar refractivity (Wildman–Crippen MR) is 145 cm³/mol. The first-order chi connectivity index (χ1) is 18.8. The van der Waals surface area contributed by atoms with E-state index in [4.69, 9.17) is 18.9 Å². The van der Waals surface area contributed by atoms with Crippen LogP contribution in [0.15, 0.2) is 30.3 Å². The van der Waals surface area contributed by atoms with Crippen LogP contribution in [0.2, 0.25) is 0 Å². The number of nitrogens with one attached hydrogen (secondary N) is 1. The summed E-state index contributed by atoms with van der Waals surface area (Å²) in [6.45, 7) is 2.82. The van der Waals surface area contributed by atoms with Crippen LogP contribution in [0.3, 0.4) is 0 Å². The Kier molecular flexibility index (Phi) is 11.5. The van der Waals surface area contributed by atoms with Gasteiger partial charge in [0.25, 0.3) is 0 Å². The second-order valence-corrected chi connectivity index (χ2v) is 10.0. The summed E-state index contributed by atoms with van der Waals surface area (Å²) < 4.78 is 21.6. The van der Waals surface area contributed by atoms with E-state index in [1.807, 2.05) is 6.92 Å². The molecule has 1 fully saturated rings. The summed E-state index contributed by atoms with van der Waals surface area (Å²) in [5, 5.41) is 56.2. The highest BCUT2D eigenvalue weighted by Crippen LogP contribution is 2.42. The van der Waals surface area contributed by atoms with Crippen LogP contribution in [0.4, 0.5) is 0 Å². The Balaban J connectivity index is 1.88. The van der Waals surface area contributed by atoms with E-state index in [0.29, 0.717) is 38.0 Å². The number of phenols is 2. The van der Waals surface area contributed by atoms with Gasteiger partial charge in [0.05, 0.1) is 39.6 Å². The molecule has 3 rings (SSSR count). The van der Waals surface area contributed by atoms with Gasteiger partial charge < -0.3 is 49.8 Å². The van der Waals surface area contributed by atoms with E-state index in [2.05, 4.69) is 5.32 Å². The fraction of sp³-hybridized carbons (Fsp3) is 0.586. The van der Waals surface area contributed by atoms with Gasteiger partial charge in [-0.25, -0.2) is 0 Å². The third-order valence-corrected chi connectivity index (χ3v) is 7.76. The van der Waals surface area contributed by atoms with Crippen LogP contribution in [0, 0.1) is 17.8 Å². The van der Waals surface area contributed by atoms with E-state index in [0.717, 1.165) is 17.7 Å². The van der Waals surface area contributed by atoms with E-state index in [9.17, 15) is 25.5 Å². The van der Waals surface area contributed by atoms with Crippen molar-refractivity contribution in [3.8, 4) is 28.7 Å². The first-order valence-corrected chi connectivity index (χ1v) is 13.4. The second-order valence-electron chi connectivity index (χ2n) is 10.0. The Morgan fingerprint density at radius 2 is 1.59 bits per heavy atom. The van der Waals surface area contributed by atoms with Gasteiger partial charge in [0.1, 0.15) is 6.79 Å². The molecule has 39 heavy (non-hydrogen) atoms. The molecule has 1 aliphatic rings. The van der Waals surface area contributed by atoms with Gasteiger partial charge in [-0.3, -0.25) is 0 Å². The zero-order valence-electron chi connectivity index (χ0n) is 23.2. The van der Waals surface area contributed by atoms with Crippen LogP contribution in [0.25, 0.3) is 0 Å². The SMILES string of the molecule is CCNCC1CC(O)C(Cc2cc(OC)c(O)c(OC)c2)C(O)C1C(CCc1ccc(O)c(OC)c1)OCO. The number of methoxy groups -OCH3 is 3. The van der Waals surface area contributed by atoms with Gasteiger partial charge in [-0.05, 0) is 80.1 Å². The van der Waals surface area contributed by atoms with E-state index in [1.165, 1.54) is 21.3 Å². The van der Waals surface area contributed by atoms with E-state index in [1.54, 1.807) is 30.3 Å². The average molecular weight is 550 g/mol. The van der Waals surface area contributed by atoms with Gasteiger partial charge in [-0.2, -0.15) is 0 Å². The zero-order chi connectivity index (χ0) is 28.5. The molecule has 2 aromatic carbocycles. The van der Waals surface area contributed by atoms with Crippen molar-refractivity contribution in [3.63, 3.8) is 0 Å². The molecular weight excluding hydrogens is 506 g/mol. The number of ether oxygens (including phenoxy) is 4. The summed E-state index contributed by atoms with van der Waals surface area (Å²) in [5.41, 5.74) is 1.66. The van der Waals surface area contributed by atoms with Gasteiger partial charge in [0.15, 0.2) is 23.0 Å². The molecule has 0 aliphatic heterocycles. The quantitative estimate of drug-likeness (QED) is 0.194. The molecule has 0 aromatic heterocycles. The lowest BCUT2D eigenvalue weighted by Crippen LogP contribution is -2.54. The van der Waals surface area contributed by atoms with Crippen molar-refractivity contribution in [1.29, 1.82) is 0 Å². The summed E-state index contributed by atoms with van der Waals surface area (Å²) in [6.07, 6.45) is -0.367. The van der Waals surface area contributed by atoms with Gasteiger partial charge in [-0.1, -0.05) is 13.0 Å². The Labute approximate surface area is 230 Å². The molecule has 0 spiro atoms. The molecule has 0 radical (unpaired) electrons. The number of phenolic OH excluding ortho intramolecular Hbond substituents is 2. The van der Waals surface area contributed by atoms with E-state index in [-0.39, 0.29) is 34.8 Å². The lowest BCUT2D eigenvalue weighted by molar-refractivity contribution is -0.156. The molecule has 6 atom stereocenters. The van der Waals surface area contributed by atoms with Crippen LogP contribution >= 0.6 is 0 Å². The summed E-state index contributed by atoms with van der Waals surface area (Å²) >= 11 is 0. The standard InChI is InChI=1S/C29H43NO9/c1-5-30-15-19-14-22(33)20(10-18-12-25(37-3)29(35)26(13-18)38-4)28(34)27(19)23(39-16-31)9-7-17-6-8-21(32)24(11-17)36-2/h6,8,11-13,19-20,22-23,27-28,30-35H,5,7,9-10,14-16H2,1-4H3. The molecule has 0 saturated heterocycles. The number of hydrogen-bond acceptors (Lipinski definition) is 10. The van der Waals surface area contributed by atoms with E-state index < -0.39 is 31.0 Å². The maximum atomic E-state index is 11.7. The van der Waals surface area contributed by atoms with Gasteiger partial charge in [-0.15, -0.1) is 0 Å². The third kappa shape index (κ3) is 7.46. The first-order valence-electron chi connectivity index (χ1n) is 13.4. The van der Waals surface area contributed by atoms with Crippen molar-refractivity contribution in [3.05, 3.63) is 41.5 Å². The fourth-order valence-electron chi connectivity index (χ4n) is 5.77. The van der Waals surface area contributed by atoms with Crippen molar-refractivity contribution in [2.45, 2.75) is 50.9 Å². The summed E-state index contributed by atoms with van der Waals surface area (Å²) in [6, 6.07) is 8.50. The molecule has 1 aliphatic carbocycles. The van der Waals surface area contributed by atoms with Crippen molar-refractivity contribution < 1.29 is 44.5 Å². The molecule has 1 saturated carbocycles. The topological polar surface area (TPSA) is 150 Å². The highest BCUT2D eigenvalue weighted by molar-refractivity contribution is 5.53. The molecule has 6 unspecified atom stereocenters. The molecular formula is C29H43NO9. The van der Waals surface area contributed by atoms with Crippen LogP contribution in [0.1, 0.15) is 30.9 Å². The minimum atomic E-state index is -0.936. The molecule has 0 amide bonds. The third-order valence-electron chi connectivity index (χ3n) is 7.76. The lowest BCUT2D eigenvalue weighted by Gasteiger charge is -2.46. The molecule has 6 N–H and O–H groups in total. The van der Waals surface area contributed by atoms with Crippen LogP contribution in [-0.2, 0) is 17.6 Å².